The number of hydrogen-bond acceptors (Lipinski definition) is 4. The van der Waals surface area contributed by atoms with Crippen LogP contribution >= 0.6 is 0 Å². The summed E-state index contributed by atoms with van der Waals surface area (Å²) in [5.74, 6) is 1.04. The number of carbonyl (C=O) groups is 1. The Bertz CT molecular complexity index is 507. The quantitative estimate of drug-likeness (QED) is 0.859. The van der Waals surface area contributed by atoms with Crippen molar-refractivity contribution in [2.75, 3.05) is 32.8 Å². The van der Waals surface area contributed by atoms with E-state index in [1.165, 1.54) is 0 Å². The van der Waals surface area contributed by atoms with Crippen molar-refractivity contribution in [3.8, 4) is 11.8 Å². The molecule has 5 heteroatoms. The maximum absolute atomic E-state index is 11.7. The fourth-order valence-electron chi connectivity index (χ4n) is 2.45. The van der Waals surface area contributed by atoms with Gasteiger partial charge in [-0.1, -0.05) is 6.92 Å². The molecule has 1 amide bonds. The number of carbonyl (C=O) groups excluding carboxylic acids is 1. The van der Waals surface area contributed by atoms with Crippen LogP contribution in [0.15, 0.2) is 24.3 Å². The van der Waals surface area contributed by atoms with Gasteiger partial charge in [-0.25, -0.2) is 0 Å². The van der Waals surface area contributed by atoms with E-state index in [0.717, 1.165) is 26.1 Å². The summed E-state index contributed by atoms with van der Waals surface area (Å²) >= 11 is 0. The second-order valence-corrected chi connectivity index (χ2v) is 5.28. The molecule has 1 unspecified atom stereocenters. The number of benzene rings is 1. The van der Waals surface area contributed by atoms with Gasteiger partial charge in [-0.15, -0.1) is 0 Å². The van der Waals surface area contributed by atoms with Crippen LogP contribution in [-0.2, 0) is 4.79 Å². The molecule has 0 aromatic heterocycles. The van der Waals surface area contributed by atoms with E-state index < -0.39 is 0 Å². The number of amides is 1. The molecule has 1 N–H and O–H groups in total. The Balaban J connectivity index is 1.66. The molecule has 0 saturated carbocycles. The third-order valence-corrected chi connectivity index (χ3v) is 3.76. The van der Waals surface area contributed by atoms with E-state index in [0.29, 0.717) is 23.8 Å². The number of hydrogen-bond donors (Lipinski definition) is 1. The molecule has 0 aliphatic carbocycles. The molecule has 0 bridgehead atoms. The summed E-state index contributed by atoms with van der Waals surface area (Å²) in [6.07, 6.45) is 1.14. The molecule has 5 nitrogen and oxygen atoms in total. The lowest BCUT2D eigenvalue weighted by atomic mass is 10.1. The fraction of sp³-hybridized carbons (Fsp3) is 0.500. The Morgan fingerprint density at radius 2 is 2.24 bits per heavy atom. The van der Waals surface area contributed by atoms with Crippen molar-refractivity contribution in [2.24, 2.45) is 5.92 Å². The lowest BCUT2D eigenvalue weighted by Gasteiger charge is -2.14. The second-order valence-electron chi connectivity index (χ2n) is 5.28. The summed E-state index contributed by atoms with van der Waals surface area (Å²) in [5.41, 5.74) is 0.577. The minimum atomic E-state index is -0.102. The summed E-state index contributed by atoms with van der Waals surface area (Å²) < 4.78 is 5.39. The summed E-state index contributed by atoms with van der Waals surface area (Å²) in [4.78, 5) is 14.1. The SMILES string of the molecule is CCN1CCC(CNC(=O)COc2ccc(C#N)cc2)C1. The maximum atomic E-state index is 11.7. The Morgan fingerprint density at radius 1 is 1.48 bits per heavy atom. The highest BCUT2D eigenvalue weighted by Gasteiger charge is 2.21. The highest BCUT2D eigenvalue weighted by atomic mass is 16.5. The van der Waals surface area contributed by atoms with Crippen molar-refractivity contribution in [2.45, 2.75) is 13.3 Å². The average molecular weight is 287 g/mol. The molecule has 1 aromatic rings. The fourth-order valence-corrected chi connectivity index (χ4v) is 2.45. The van der Waals surface area contributed by atoms with E-state index in [-0.39, 0.29) is 12.5 Å². The van der Waals surface area contributed by atoms with Crippen molar-refractivity contribution < 1.29 is 9.53 Å². The third kappa shape index (κ3) is 4.76. The molecule has 1 heterocycles. The second kappa shape index (κ2) is 7.65. The van der Waals surface area contributed by atoms with E-state index in [1.54, 1.807) is 24.3 Å². The van der Waals surface area contributed by atoms with Crippen LogP contribution in [0.1, 0.15) is 18.9 Å². The van der Waals surface area contributed by atoms with Gasteiger partial charge in [0.2, 0.25) is 0 Å². The van der Waals surface area contributed by atoms with Gasteiger partial charge in [0.1, 0.15) is 5.75 Å². The Hall–Kier alpha value is -2.06. The van der Waals surface area contributed by atoms with E-state index in [4.69, 9.17) is 10.00 Å². The van der Waals surface area contributed by atoms with Gasteiger partial charge in [-0.3, -0.25) is 4.79 Å². The van der Waals surface area contributed by atoms with Gasteiger partial charge in [-0.05, 0) is 49.7 Å². The topological polar surface area (TPSA) is 65.4 Å². The van der Waals surface area contributed by atoms with Crippen LogP contribution in [0.25, 0.3) is 0 Å². The minimum Gasteiger partial charge on any atom is -0.484 e. The molecule has 112 valence electrons. The van der Waals surface area contributed by atoms with Crippen LogP contribution in [0.2, 0.25) is 0 Å². The van der Waals surface area contributed by atoms with Crippen molar-refractivity contribution in [3.63, 3.8) is 0 Å². The standard InChI is InChI=1S/C16H21N3O2/c1-2-19-8-7-14(11-19)10-18-16(20)12-21-15-5-3-13(9-17)4-6-15/h3-6,14H,2,7-8,10-12H2,1H3,(H,18,20). The molecule has 1 aromatic carbocycles. The van der Waals surface area contributed by atoms with Crippen LogP contribution in [0, 0.1) is 17.2 Å². The summed E-state index contributed by atoms with van der Waals surface area (Å²) in [6.45, 7) is 6.15. The minimum absolute atomic E-state index is 0.0100. The number of nitrogens with zero attached hydrogens (tertiary/aromatic N) is 2. The highest BCUT2D eigenvalue weighted by Crippen LogP contribution is 2.14. The number of nitrogens with one attached hydrogen (secondary N) is 1. The zero-order valence-electron chi connectivity index (χ0n) is 12.3. The van der Waals surface area contributed by atoms with Crippen molar-refractivity contribution in [1.82, 2.24) is 10.2 Å². The van der Waals surface area contributed by atoms with Crippen LogP contribution in [0.4, 0.5) is 0 Å². The summed E-state index contributed by atoms with van der Waals surface area (Å²) in [5, 5.41) is 11.6. The van der Waals surface area contributed by atoms with Crippen LogP contribution in [0.5, 0.6) is 5.75 Å². The van der Waals surface area contributed by atoms with E-state index in [1.807, 2.05) is 6.07 Å². The first-order valence-corrected chi connectivity index (χ1v) is 7.33. The molecule has 1 aliphatic rings. The molecule has 1 aliphatic heterocycles. The lowest BCUT2D eigenvalue weighted by molar-refractivity contribution is -0.123. The Morgan fingerprint density at radius 3 is 2.86 bits per heavy atom. The van der Waals surface area contributed by atoms with Crippen molar-refractivity contribution in [1.29, 1.82) is 5.26 Å². The molecular weight excluding hydrogens is 266 g/mol. The average Bonchev–Trinajstić information content (AvgIpc) is 2.99. The van der Waals surface area contributed by atoms with Gasteiger partial charge < -0.3 is 15.0 Å². The first-order chi connectivity index (χ1) is 10.2. The molecule has 1 atom stereocenters. The van der Waals surface area contributed by atoms with Crippen molar-refractivity contribution in [3.05, 3.63) is 29.8 Å². The first-order valence-electron chi connectivity index (χ1n) is 7.33. The molecule has 0 spiro atoms. The number of likely N-dealkylation sites (tertiary alicyclic amines) is 1. The highest BCUT2D eigenvalue weighted by molar-refractivity contribution is 5.77. The number of rotatable bonds is 6. The van der Waals surface area contributed by atoms with Gasteiger partial charge in [-0.2, -0.15) is 5.26 Å². The number of nitriles is 1. The van der Waals surface area contributed by atoms with Crippen LogP contribution in [0.3, 0.4) is 0 Å². The monoisotopic (exact) mass is 287 g/mol. The predicted octanol–water partition coefficient (Wildman–Crippen LogP) is 1.40. The molecule has 21 heavy (non-hydrogen) atoms. The largest absolute Gasteiger partial charge is 0.484 e. The number of ether oxygens (including phenoxy) is 1. The van der Waals surface area contributed by atoms with E-state index in [2.05, 4.69) is 17.1 Å². The van der Waals surface area contributed by atoms with Crippen molar-refractivity contribution >= 4 is 5.91 Å². The zero-order chi connectivity index (χ0) is 15.1. The maximum Gasteiger partial charge on any atom is 0.257 e. The van der Waals surface area contributed by atoms with Gasteiger partial charge in [0.15, 0.2) is 6.61 Å². The van der Waals surface area contributed by atoms with Crippen LogP contribution < -0.4 is 10.1 Å². The van der Waals surface area contributed by atoms with Gasteiger partial charge in [0.05, 0.1) is 11.6 Å². The van der Waals surface area contributed by atoms with Gasteiger partial charge in [0.25, 0.3) is 5.91 Å². The Kier molecular flexibility index (Phi) is 5.59. The molecular formula is C16H21N3O2. The zero-order valence-corrected chi connectivity index (χ0v) is 12.3. The lowest BCUT2D eigenvalue weighted by Crippen LogP contribution is -2.34. The molecule has 2 rings (SSSR count). The van der Waals surface area contributed by atoms with E-state index in [9.17, 15) is 4.79 Å². The molecule has 1 saturated heterocycles. The van der Waals surface area contributed by atoms with Gasteiger partial charge in [0, 0.05) is 13.1 Å². The van der Waals surface area contributed by atoms with Gasteiger partial charge >= 0.3 is 0 Å². The Labute approximate surface area is 125 Å². The predicted molar refractivity (Wildman–Crippen MR) is 79.9 cm³/mol. The summed E-state index contributed by atoms with van der Waals surface area (Å²) in [6, 6.07) is 8.78. The van der Waals surface area contributed by atoms with Crippen LogP contribution in [-0.4, -0.2) is 43.6 Å². The van der Waals surface area contributed by atoms with E-state index >= 15 is 0 Å². The normalized spacial score (nSPS) is 18.2. The molecule has 0 radical (unpaired) electrons. The smallest absolute Gasteiger partial charge is 0.257 e. The first kappa shape index (κ1) is 15.3. The third-order valence-electron chi connectivity index (χ3n) is 3.76. The molecule has 1 fully saturated rings. The summed E-state index contributed by atoms with van der Waals surface area (Å²) in [7, 11) is 0.